The minimum atomic E-state index is -0.562. The fourth-order valence-corrected chi connectivity index (χ4v) is 2.07. The van der Waals surface area contributed by atoms with Crippen molar-refractivity contribution in [2.45, 2.75) is 39.3 Å². The number of amides is 1. The van der Waals surface area contributed by atoms with Crippen molar-refractivity contribution in [1.29, 1.82) is 0 Å². The summed E-state index contributed by atoms with van der Waals surface area (Å²) in [6.45, 7) is 7.19. The third-order valence-electron chi connectivity index (χ3n) is 3.12. The van der Waals surface area contributed by atoms with Gasteiger partial charge in [-0.25, -0.2) is 9.59 Å². The van der Waals surface area contributed by atoms with E-state index in [4.69, 9.17) is 9.15 Å². The van der Waals surface area contributed by atoms with Gasteiger partial charge in [0.15, 0.2) is 0 Å². The number of nitrogens with one attached hydrogen (secondary N) is 1. The van der Waals surface area contributed by atoms with Gasteiger partial charge in [-0.3, -0.25) is 0 Å². The van der Waals surface area contributed by atoms with Gasteiger partial charge in [-0.1, -0.05) is 6.07 Å². The van der Waals surface area contributed by atoms with Crippen LogP contribution in [0.25, 0.3) is 11.0 Å². The summed E-state index contributed by atoms with van der Waals surface area (Å²) in [6.07, 6.45) is -0.513. The van der Waals surface area contributed by atoms with E-state index in [-0.39, 0.29) is 6.04 Å². The molecule has 1 unspecified atom stereocenters. The number of carbonyl (C=O) groups excluding carboxylic acids is 2. The van der Waals surface area contributed by atoms with Crippen molar-refractivity contribution < 1.29 is 23.5 Å². The van der Waals surface area contributed by atoms with Gasteiger partial charge in [0.2, 0.25) is 0 Å². The van der Waals surface area contributed by atoms with E-state index in [0.717, 1.165) is 5.39 Å². The molecule has 6 nitrogen and oxygen atoms in total. The highest BCUT2D eigenvalue weighted by Crippen LogP contribution is 2.25. The number of rotatable bonds is 3. The van der Waals surface area contributed by atoms with Crippen molar-refractivity contribution in [2.75, 3.05) is 7.11 Å². The number of carbonyl (C=O) groups is 2. The molecule has 0 aliphatic heterocycles. The lowest BCUT2D eigenvalue weighted by Crippen LogP contribution is -2.33. The van der Waals surface area contributed by atoms with Crippen molar-refractivity contribution in [3.05, 3.63) is 35.6 Å². The van der Waals surface area contributed by atoms with Gasteiger partial charge < -0.3 is 19.2 Å². The number of alkyl carbamates (subject to hydrolysis) is 1. The first kappa shape index (κ1) is 16.9. The van der Waals surface area contributed by atoms with E-state index in [1.165, 1.54) is 7.11 Å². The molecule has 0 aliphatic carbocycles. The average molecular weight is 319 g/mol. The van der Waals surface area contributed by atoms with Crippen LogP contribution in [0.3, 0.4) is 0 Å². The van der Waals surface area contributed by atoms with Crippen LogP contribution in [0.1, 0.15) is 49.9 Å². The molecule has 2 rings (SSSR count). The number of esters is 1. The highest BCUT2D eigenvalue weighted by atomic mass is 16.6. The molecule has 1 atom stereocenters. The van der Waals surface area contributed by atoms with Crippen LogP contribution in [0.5, 0.6) is 0 Å². The Balaban J connectivity index is 2.16. The largest absolute Gasteiger partial charge is 0.465 e. The molecule has 1 N–H and O–H groups in total. The second kappa shape index (κ2) is 6.32. The number of hydrogen-bond acceptors (Lipinski definition) is 5. The lowest BCUT2D eigenvalue weighted by Gasteiger charge is -2.21. The van der Waals surface area contributed by atoms with Gasteiger partial charge >= 0.3 is 12.1 Å². The number of fused-ring (bicyclic) bond motifs is 1. The quantitative estimate of drug-likeness (QED) is 0.871. The molecule has 2 aromatic rings. The summed E-state index contributed by atoms with van der Waals surface area (Å²) in [6, 6.07) is 6.51. The van der Waals surface area contributed by atoms with Gasteiger partial charge in [0.25, 0.3) is 0 Å². The maximum Gasteiger partial charge on any atom is 0.408 e. The Hall–Kier alpha value is -2.50. The predicted octanol–water partition coefficient (Wildman–Crippen LogP) is 3.81. The first-order chi connectivity index (χ1) is 10.7. The van der Waals surface area contributed by atoms with Crippen LogP contribution < -0.4 is 5.32 Å². The third kappa shape index (κ3) is 4.25. The summed E-state index contributed by atoms with van der Waals surface area (Å²) in [7, 11) is 1.33. The molecule has 0 bridgehead atoms. The molecule has 1 heterocycles. The van der Waals surface area contributed by atoms with Crippen LogP contribution >= 0.6 is 0 Å². The second-order valence-electron chi connectivity index (χ2n) is 6.26. The van der Waals surface area contributed by atoms with Crippen molar-refractivity contribution >= 4 is 23.0 Å². The van der Waals surface area contributed by atoms with E-state index in [9.17, 15) is 9.59 Å². The van der Waals surface area contributed by atoms with Crippen molar-refractivity contribution in [3.8, 4) is 0 Å². The Morgan fingerprint density at radius 3 is 2.52 bits per heavy atom. The molecular formula is C17H21NO5. The Kier molecular flexibility index (Phi) is 4.63. The predicted molar refractivity (Wildman–Crippen MR) is 85.3 cm³/mol. The van der Waals surface area contributed by atoms with Gasteiger partial charge in [-0.05, 0) is 45.9 Å². The van der Waals surface area contributed by atoms with E-state index in [0.29, 0.717) is 16.9 Å². The van der Waals surface area contributed by atoms with Gasteiger partial charge in [0.1, 0.15) is 16.9 Å². The molecule has 0 saturated heterocycles. The zero-order chi connectivity index (χ0) is 17.2. The van der Waals surface area contributed by atoms with E-state index in [2.05, 4.69) is 10.1 Å². The normalized spacial score (nSPS) is 12.7. The monoisotopic (exact) mass is 319 g/mol. The van der Waals surface area contributed by atoms with Gasteiger partial charge in [-0.2, -0.15) is 0 Å². The SMILES string of the molecule is COC(=O)c1ccc2cc(C(C)NC(=O)OC(C)(C)C)oc2c1. The van der Waals surface area contributed by atoms with E-state index < -0.39 is 17.7 Å². The number of benzene rings is 1. The fraction of sp³-hybridized carbons (Fsp3) is 0.412. The molecular weight excluding hydrogens is 298 g/mol. The first-order valence-corrected chi connectivity index (χ1v) is 7.31. The van der Waals surface area contributed by atoms with Crippen LogP contribution in [-0.2, 0) is 9.47 Å². The van der Waals surface area contributed by atoms with E-state index >= 15 is 0 Å². The molecule has 0 fully saturated rings. The lowest BCUT2D eigenvalue weighted by atomic mass is 10.1. The summed E-state index contributed by atoms with van der Waals surface area (Å²) < 4.78 is 15.6. The summed E-state index contributed by atoms with van der Waals surface area (Å²) in [4.78, 5) is 23.3. The standard InChI is InChI=1S/C17H21NO5/c1-10(18-16(20)23-17(2,3)4)13-8-11-6-7-12(15(19)21-5)9-14(11)22-13/h6-10H,1-5H3,(H,18,20). The lowest BCUT2D eigenvalue weighted by molar-refractivity contribution is 0.0502. The van der Waals surface area contributed by atoms with Gasteiger partial charge in [-0.15, -0.1) is 0 Å². The van der Waals surface area contributed by atoms with Crippen molar-refractivity contribution in [2.24, 2.45) is 0 Å². The van der Waals surface area contributed by atoms with Crippen LogP contribution in [0, 0.1) is 0 Å². The average Bonchev–Trinajstić information content (AvgIpc) is 2.87. The topological polar surface area (TPSA) is 77.8 Å². The highest BCUT2D eigenvalue weighted by Gasteiger charge is 2.20. The molecule has 23 heavy (non-hydrogen) atoms. The maximum absolute atomic E-state index is 11.8. The molecule has 0 saturated carbocycles. The number of hydrogen-bond donors (Lipinski definition) is 1. The summed E-state index contributed by atoms with van der Waals surface area (Å²) in [5.74, 6) is 0.151. The minimum absolute atomic E-state index is 0.362. The van der Waals surface area contributed by atoms with Gasteiger partial charge in [0.05, 0.1) is 18.7 Å². The first-order valence-electron chi connectivity index (χ1n) is 7.31. The fourth-order valence-electron chi connectivity index (χ4n) is 2.07. The van der Waals surface area contributed by atoms with Crippen LogP contribution in [0.2, 0.25) is 0 Å². The molecule has 1 aromatic carbocycles. The molecule has 0 radical (unpaired) electrons. The van der Waals surface area contributed by atoms with Crippen LogP contribution in [0.15, 0.2) is 28.7 Å². The Morgan fingerprint density at radius 2 is 1.91 bits per heavy atom. The van der Waals surface area contributed by atoms with Crippen molar-refractivity contribution in [3.63, 3.8) is 0 Å². The number of furan rings is 1. The Labute approximate surface area is 134 Å². The minimum Gasteiger partial charge on any atom is -0.465 e. The smallest absolute Gasteiger partial charge is 0.408 e. The summed E-state index contributed by atoms with van der Waals surface area (Å²) in [5.41, 5.74) is 0.405. The molecule has 6 heteroatoms. The second-order valence-corrected chi connectivity index (χ2v) is 6.26. The Bertz CT molecular complexity index is 726. The van der Waals surface area contributed by atoms with Crippen LogP contribution in [0.4, 0.5) is 4.79 Å². The highest BCUT2D eigenvalue weighted by molar-refractivity contribution is 5.94. The number of methoxy groups -OCH3 is 1. The summed E-state index contributed by atoms with van der Waals surface area (Å²) >= 11 is 0. The van der Waals surface area contributed by atoms with Crippen LogP contribution in [-0.4, -0.2) is 24.8 Å². The van der Waals surface area contributed by atoms with E-state index in [1.807, 2.05) is 6.07 Å². The number of ether oxygens (including phenoxy) is 2. The molecule has 1 aromatic heterocycles. The Morgan fingerprint density at radius 1 is 1.22 bits per heavy atom. The zero-order valence-corrected chi connectivity index (χ0v) is 13.9. The molecule has 0 aliphatic rings. The van der Waals surface area contributed by atoms with Gasteiger partial charge in [0, 0.05) is 5.39 Å². The third-order valence-corrected chi connectivity index (χ3v) is 3.12. The van der Waals surface area contributed by atoms with Crippen molar-refractivity contribution in [1.82, 2.24) is 5.32 Å². The summed E-state index contributed by atoms with van der Waals surface area (Å²) in [5, 5.41) is 3.55. The maximum atomic E-state index is 11.8. The molecule has 124 valence electrons. The molecule has 0 spiro atoms. The van der Waals surface area contributed by atoms with E-state index in [1.54, 1.807) is 45.9 Å². The molecule has 1 amide bonds. The zero-order valence-electron chi connectivity index (χ0n) is 13.9.